The highest BCUT2D eigenvalue weighted by Crippen LogP contribution is 2.26. The van der Waals surface area contributed by atoms with Crippen LogP contribution < -0.4 is 10.6 Å². The summed E-state index contributed by atoms with van der Waals surface area (Å²) >= 11 is 9.20. The van der Waals surface area contributed by atoms with E-state index in [1.54, 1.807) is 18.2 Å². The third-order valence-corrected chi connectivity index (χ3v) is 3.53. The molecule has 0 aliphatic carbocycles. The Kier molecular flexibility index (Phi) is 5.00. The van der Waals surface area contributed by atoms with Gasteiger partial charge in [-0.2, -0.15) is 0 Å². The lowest BCUT2D eigenvalue weighted by atomic mass is 10.2. The van der Waals surface area contributed by atoms with Crippen LogP contribution in [0.4, 0.5) is 5.69 Å². The number of hydrogen-bond acceptors (Lipinski definition) is 3. The Morgan fingerprint density at radius 2 is 2.44 bits per heavy atom. The number of carbonyl (C=O) groups excluding carboxylic acids is 1. The topological polar surface area (TPSA) is 50.4 Å². The molecule has 0 spiro atoms. The average Bonchev–Trinajstić information content (AvgIpc) is 2.34. The average molecular weight is 334 g/mol. The molecule has 1 amide bonds. The van der Waals surface area contributed by atoms with Crippen LogP contribution in [0.2, 0.25) is 5.02 Å². The summed E-state index contributed by atoms with van der Waals surface area (Å²) in [4.78, 5) is 11.9. The van der Waals surface area contributed by atoms with E-state index >= 15 is 0 Å². The summed E-state index contributed by atoms with van der Waals surface area (Å²) in [7, 11) is 0. The molecule has 2 rings (SSSR count). The monoisotopic (exact) mass is 332 g/mol. The van der Waals surface area contributed by atoms with Crippen molar-refractivity contribution in [3.63, 3.8) is 0 Å². The van der Waals surface area contributed by atoms with Gasteiger partial charge in [-0.3, -0.25) is 4.79 Å². The van der Waals surface area contributed by atoms with Gasteiger partial charge >= 0.3 is 0 Å². The smallest absolute Gasteiger partial charge is 0.226 e. The van der Waals surface area contributed by atoms with Crippen molar-refractivity contribution in [2.45, 2.75) is 12.5 Å². The number of benzene rings is 1. The van der Waals surface area contributed by atoms with Crippen molar-refractivity contribution in [1.82, 2.24) is 5.32 Å². The van der Waals surface area contributed by atoms with Gasteiger partial charge in [0, 0.05) is 28.5 Å². The fraction of sp³-hybridized carbons (Fsp3) is 0.417. The van der Waals surface area contributed by atoms with Gasteiger partial charge in [-0.15, -0.1) is 0 Å². The van der Waals surface area contributed by atoms with Crippen LogP contribution in [0.25, 0.3) is 0 Å². The Balaban J connectivity index is 1.90. The molecular formula is C12H14BrClN2O2. The van der Waals surface area contributed by atoms with Crippen molar-refractivity contribution in [3.05, 3.63) is 27.7 Å². The molecule has 1 aromatic carbocycles. The first-order valence-corrected chi connectivity index (χ1v) is 6.88. The molecule has 1 unspecified atom stereocenters. The van der Waals surface area contributed by atoms with Gasteiger partial charge in [-0.25, -0.2) is 0 Å². The van der Waals surface area contributed by atoms with Gasteiger partial charge in [0.2, 0.25) is 5.91 Å². The van der Waals surface area contributed by atoms with Crippen LogP contribution in [0.1, 0.15) is 6.42 Å². The van der Waals surface area contributed by atoms with Crippen LogP contribution in [0, 0.1) is 0 Å². The molecule has 1 heterocycles. The molecule has 0 bridgehead atoms. The van der Waals surface area contributed by atoms with Crippen molar-refractivity contribution in [1.29, 1.82) is 0 Å². The van der Waals surface area contributed by atoms with E-state index in [0.29, 0.717) is 24.7 Å². The Morgan fingerprint density at radius 3 is 3.11 bits per heavy atom. The standard InChI is InChI=1S/C12H14BrClN2O2/c13-10-5-8(14)1-2-11(10)16-12(17)6-9-7-18-4-3-15-9/h1-2,5,9,15H,3-4,6-7H2,(H,16,17). The van der Waals surface area contributed by atoms with Gasteiger partial charge in [0.25, 0.3) is 0 Å². The molecule has 6 heteroatoms. The number of morpholine rings is 1. The lowest BCUT2D eigenvalue weighted by Gasteiger charge is -2.23. The lowest BCUT2D eigenvalue weighted by Crippen LogP contribution is -2.43. The summed E-state index contributed by atoms with van der Waals surface area (Å²) in [5, 5.41) is 6.71. The molecule has 0 aromatic heterocycles. The van der Waals surface area contributed by atoms with Crippen molar-refractivity contribution in [2.75, 3.05) is 25.1 Å². The Hall–Kier alpha value is -0.620. The van der Waals surface area contributed by atoms with Crippen LogP contribution in [-0.2, 0) is 9.53 Å². The molecule has 98 valence electrons. The van der Waals surface area contributed by atoms with E-state index in [-0.39, 0.29) is 11.9 Å². The third kappa shape index (κ3) is 3.95. The first kappa shape index (κ1) is 13.8. The third-order valence-electron chi connectivity index (χ3n) is 2.64. The van der Waals surface area contributed by atoms with Gasteiger partial charge in [0.05, 0.1) is 18.9 Å². The fourth-order valence-corrected chi connectivity index (χ4v) is 2.55. The zero-order valence-electron chi connectivity index (χ0n) is 9.71. The van der Waals surface area contributed by atoms with Gasteiger partial charge < -0.3 is 15.4 Å². The molecule has 1 atom stereocenters. The van der Waals surface area contributed by atoms with Crippen LogP contribution in [0.3, 0.4) is 0 Å². The highest BCUT2D eigenvalue weighted by Gasteiger charge is 2.17. The van der Waals surface area contributed by atoms with E-state index in [1.807, 2.05) is 0 Å². The van der Waals surface area contributed by atoms with Crippen molar-refractivity contribution < 1.29 is 9.53 Å². The predicted octanol–water partition coefficient (Wildman–Crippen LogP) is 2.42. The normalized spacial score (nSPS) is 19.6. The van der Waals surface area contributed by atoms with Crippen LogP contribution in [0.15, 0.2) is 22.7 Å². The minimum absolute atomic E-state index is 0.0407. The number of carbonyl (C=O) groups is 1. The lowest BCUT2D eigenvalue weighted by molar-refractivity contribution is -0.117. The first-order chi connectivity index (χ1) is 8.65. The Labute approximate surface area is 119 Å². The predicted molar refractivity (Wildman–Crippen MR) is 75.0 cm³/mol. The zero-order valence-corrected chi connectivity index (χ0v) is 12.1. The molecule has 0 radical (unpaired) electrons. The number of hydrogen-bond donors (Lipinski definition) is 2. The molecule has 18 heavy (non-hydrogen) atoms. The molecule has 1 aromatic rings. The van der Waals surface area contributed by atoms with Gasteiger partial charge in [0.15, 0.2) is 0 Å². The number of halogens is 2. The van der Waals surface area contributed by atoms with Crippen LogP contribution in [-0.4, -0.2) is 31.7 Å². The maximum Gasteiger partial charge on any atom is 0.226 e. The number of anilines is 1. The minimum Gasteiger partial charge on any atom is -0.378 e. The second-order valence-corrected chi connectivity index (χ2v) is 5.39. The number of amides is 1. The van der Waals surface area contributed by atoms with E-state index in [1.165, 1.54) is 0 Å². The second kappa shape index (κ2) is 6.52. The highest BCUT2D eigenvalue weighted by molar-refractivity contribution is 9.10. The molecule has 1 saturated heterocycles. The quantitative estimate of drug-likeness (QED) is 0.893. The van der Waals surface area contributed by atoms with E-state index in [9.17, 15) is 4.79 Å². The maximum atomic E-state index is 11.9. The van der Waals surface area contributed by atoms with Gasteiger partial charge in [-0.1, -0.05) is 11.6 Å². The number of ether oxygens (including phenoxy) is 1. The van der Waals surface area contributed by atoms with Crippen LogP contribution in [0.5, 0.6) is 0 Å². The molecule has 1 fully saturated rings. The van der Waals surface area contributed by atoms with Crippen molar-refractivity contribution >= 4 is 39.1 Å². The van der Waals surface area contributed by atoms with Crippen LogP contribution >= 0.6 is 27.5 Å². The van der Waals surface area contributed by atoms with Crippen molar-refractivity contribution in [2.24, 2.45) is 0 Å². The molecule has 4 nitrogen and oxygen atoms in total. The molecule has 1 aliphatic heterocycles. The summed E-state index contributed by atoms with van der Waals surface area (Å²) in [6, 6.07) is 5.35. The first-order valence-electron chi connectivity index (χ1n) is 5.71. The fourth-order valence-electron chi connectivity index (χ4n) is 1.77. The maximum absolute atomic E-state index is 11.9. The largest absolute Gasteiger partial charge is 0.378 e. The van der Waals surface area contributed by atoms with Crippen molar-refractivity contribution in [3.8, 4) is 0 Å². The number of nitrogens with one attached hydrogen (secondary N) is 2. The summed E-state index contributed by atoms with van der Waals surface area (Å²) < 4.78 is 6.08. The summed E-state index contributed by atoms with van der Waals surface area (Å²) in [6.07, 6.45) is 0.398. The van der Waals surface area contributed by atoms with E-state index in [4.69, 9.17) is 16.3 Å². The van der Waals surface area contributed by atoms with Gasteiger partial charge in [-0.05, 0) is 34.1 Å². The van der Waals surface area contributed by atoms with E-state index in [2.05, 4.69) is 26.6 Å². The number of rotatable bonds is 3. The zero-order chi connectivity index (χ0) is 13.0. The SMILES string of the molecule is O=C(CC1COCCN1)Nc1ccc(Cl)cc1Br. The minimum atomic E-state index is -0.0407. The van der Waals surface area contributed by atoms with E-state index < -0.39 is 0 Å². The molecular weight excluding hydrogens is 320 g/mol. The molecule has 2 N–H and O–H groups in total. The molecule has 0 saturated carbocycles. The van der Waals surface area contributed by atoms with Gasteiger partial charge in [0.1, 0.15) is 0 Å². The summed E-state index contributed by atoms with van der Waals surface area (Å²) in [6.45, 7) is 2.08. The Bertz CT molecular complexity index is 436. The summed E-state index contributed by atoms with van der Waals surface area (Å²) in [5.41, 5.74) is 0.723. The Morgan fingerprint density at radius 1 is 1.61 bits per heavy atom. The summed E-state index contributed by atoms with van der Waals surface area (Å²) in [5.74, 6) is -0.0407. The molecule has 1 aliphatic rings. The van der Waals surface area contributed by atoms with E-state index in [0.717, 1.165) is 16.7 Å². The highest BCUT2D eigenvalue weighted by atomic mass is 79.9. The second-order valence-electron chi connectivity index (χ2n) is 4.10.